The van der Waals surface area contributed by atoms with E-state index in [1.165, 1.54) is 18.2 Å². The van der Waals surface area contributed by atoms with Crippen LogP contribution >= 0.6 is 0 Å². The van der Waals surface area contributed by atoms with Crippen LogP contribution in [-0.2, 0) is 35.0 Å². The Morgan fingerprint density at radius 1 is 0.792 bits per heavy atom. The second kappa shape index (κ2) is 15.5. The van der Waals surface area contributed by atoms with Crippen LogP contribution in [0.2, 0.25) is 0 Å². The molecule has 3 rings (SSSR count). The molecule has 0 spiro atoms. The van der Waals surface area contributed by atoms with E-state index in [-0.39, 0.29) is 17.8 Å². The summed E-state index contributed by atoms with van der Waals surface area (Å²) in [7, 11) is 0. The summed E-state index contributed by atoms with van der Waals surface area (Å²) in [5.41, 5.74) is -0.549. The molecule has 3 aromatic rings. The fourth-order valence-corrected chi connectivity index (χ4v) is 4.77. The number of hydrogen-bond acceptors (Lipinski definition) is 5. The molecule has 3 aromatic carbocycles. The number of hydrogen-bond donors (Lipinski definition) is 5. The lowest BCUT2D eigenvalue weighted by atomic mass is 10.0. The van der Waals surface area contributed by atoms with Crippen molar-refractivity contribution in [1.29, 1.82) is 0 Å². The molecule has 8 nitrogen and oxygen atoms in total. The first-order chi connectivity index (χ1) is 22.2. The summed E-state index contributed by atoms with van der Waals surface area (Å²) < 4.78 is 80.9. The third-order valence-electron chi connectivity index (χ3n) is 7.10. The van der Waals surface area contributed by atoms with Gasteiger partial charge in [0.1, 0.15) is 6.04 Å². The molecule has 0 aliphatic carbocycles. The van der Waals surface area contributed by atoms with Gasteiger partial charge in [0.2, 0.25) is 11.8 Å². The van der Waals surface area contributed by atoms with E-state index in [9.17, 15) is 40.7 Å². The molecule has 0 unspecified atom stereocenters. The van der Waals surface area contributed by atoms with Gasteiger partial charge in [-0.25, -0.2) is 0 Å². The molecule has 5 N–H and O–H groups in total. The van der Waals surface area contributed by atoms with Crippen LogP contribution in [0.25, 0.3) is 0 Å². The summed E-state index contributed by atoms with van der Waals surface area (Å²) in [6, 6.07) is 11.6. The van der Waals surface area contributed by atoms with E-state index in [2.05, 4.69) is 26.6 Å². The molecule has 0 aliphatic heterocycles. The molecule has 48 heavy (non-hydrogen) atoms. The van der Waals surface area contributed by atoms with Crippen LogP contribution < -0.4 is 26.6 Å². The maximum absolute atomic E-state index is 13.5. The Morgan fingerprint density at radius 3 is 2.10 bits per heavy atom. The number of nitrogens with one attached hydrogen (secondary N) is 5. The van der Waals surface area contributed by atoms with Crippen molar-refractivity contribution in [1.82, 2.24) is 21.3 Å². The van der Waals surface area contributed by atoms with E-state index >= 15 is 0 Å². The largest absolute Gasteiger partial charge is 0.416 e. The molecule has 0 aromatic heterocycles. The SMILES string of the molecule is Cc1ccc(CNC[C@H](NC(=O)CNC(=O)c2cc(C(F)(F)F)ccc2NCc2ccccc2C(F)(F)F)C(=O)NC(C)(C)C)c(C)c1. The summed E-state index contributed by atoms with van der Waals surface area (Å²) in [6.07, 6.45) is -9.51. The Balaban J connectivity index is 1.74. The van der Waals surface area contributed by atoms with E-state index in [1.54, 1.807) is 20.8 Å². The van der Waals surface area contributed by atoms with Gasteiger partial charge in [-0.15, -0.1) is 0 Å². The average Bonchev–Trinajstić information content (AvgIpc) is 2.97. The predicted molar refractivity (Wildman–Crippen MR) is 170 cm³/mol. The number of aryl methyl sites for hydroxylation is 2. The van der Waals surface area contributed by atoms with Crippen molar-refractivity contribution >= 4 is 23.4 Å². The first kappa shape index (κ1) is 37.9. The molecule has 0 saturated heterocycles. The molecular formula is C34H39F6N5O3. The number of carbonyl (C=O) groups excluding carboxylic acids is 3. The van der Waals surface area contributed by atoms with Gasteiger partial charge in [-0.3, -0.25) is 14.4 Å². The molecule has 3 amide bonds. The fraction of sp³-hybridized carbons (Fsp3) is 0.382. The van der Waals surface area contributed by atoms with E-state index < -0.39 is 71.4 Å². The molecule has 14 heteroatoms. The summed E-state index contributed by atoms with van der Waals surface area (Å²) in [6.45, 7) is 8.45. The Morgan fingerprint density at radius 2 is 1.48 bits per heavy atom. The Hall–Kier alpha value is -4.59. The van der Waals surface area contributed by atoms with Crippen LogP contribution in [-0.4, -0.2) is 42.4 Å². The lowest BCUT2D eigenvalue weighted by molar-refractivity contribution is -0.138. The number of anilines is 1. The highest BCUT2D eigenvalue weighted by atomic mass is 19.4. The number of benzene rings is 3. The van der Waals surface area contributed by atoms with Crippen LogP contribution in [0, 0.1) is 13.8 Å². The van der Waals surface area contributed by atoms with Gasteiger partial charge < -0.3 is 26.6 Å². The second-order valence-electron chi connectivity index (χ2n) is 12.4. The van der Waals surface area contributed by atoms with Gasteiger partial charge in [0.15, 0.2) is 0 Å². The van der Waals surface area contributed by atoms with Gasteiger partial charge in [-0.2, -0.15) is 26.3 Å². The minimum absolute atomic E-state index is 0.0238. The van der Waals surface area contributed by atoms with Gasteiger partial charge in [0, 0.05) is 30.9 Å². The zero-order valence-corrected chi connectivity index (χ0v) is 27.2. The molecule has 1 atom stereocenters. The molecule has 0 saturated carbocycles. The van der Waals surface area contributed by atoms with E-state index in [1.807, 2.05) is 32.0 Å². The topological polar surface area (TPSA) is 111 Å². The minimum Gasteiger partial charge on any atom is -0.380 e. The summed E-state index contributed by atoms with van der Waals surface area (Å²) in [4.78, 5) is 39.0. The lowest BCUT2D eigenvalue weighted by Crippen LogP contribution is -2.56. The van der Waals surface area contributed by atoms with Gasteiger partial charge in [-0.1, -0.05) is 42.0 Å². The number of halogens is 6. The van der Waals surface area contributed by atoms with Crippen LogP contribution in [0.5, 0.6) is 0 Å². The Bertz CT molecular complexity index is 1620. The van der Waals surface area contributed by atoms with Crippen LogP contribution in [0.1, 0.15) is 64.5 Å². The highest BCUT2D eigenvalue weighted by Gasteiger charge is 2.34. The predicted octanol–water partition coefficient (Wildman–Crippen LogP) is 5.87. The first-order valence-electron chi connectivity index (χ1n) is 15.0. The lowest BCUT2D eigenvalue weighted by Gasteiger charge is -2.26. The summed E-state index contributed by atoms with van der Waals surface area (Å²) in [5, 5.41) is 13.3. The first-order valence-corrected chi connectivity index (χ1v) is 15.0. The molecule has 0 bridgehead atoms. The van der Waals surface area contributed by atoms with E-state index in [0.29, 0.717) is 18.7 Å². The van der Waals surface area contributed by atoms with Crippen LogP contribution in [0.4, 0.5) is 32.0 Å². The molecule has 0 heterocycles. The minimum atomic E-state index is -4.83. The van der Waals surface area contributed by atoms with Gasteiger partial charge in [-0.05, 0) is 75.6 Å². The summed E-state index contributed by atoms with van der Waals surface area (Å²) in [5.74, 6) is -2.39. The van der Waals surface area contributed by atoms with Crippen molar-refractivity contribution in [3.8, 4) is 0 Å². The van der Waals surface area contributed by atoms with Crippen molar-refractivity contribution in [3.63, 3.8) is 0 Å². The molecule has 0 radical (unpaired) electrons. The zero-order chi connectivity index (χ0) is 35.9. The van der Waals surface area contributed by atoms with Crippen molar-refractivity contribution in [3.05, 3.63) is 99.6 Å². The van der Waals surface area contributed by atoms with E-state index in [4.69, 9.17) is 0 Å². The van der Waals surface area contributed by atoms with Gasteiger partial charge >= 0.3 is 12.4 Å². The maximum Gasteiger partial charge on any atom is 0.416 e. The smallest absolute Gasteiger partial charge is 0.380 e. The van der Waals surface area contributed by atoms with Crippen molar-refractivity contribution in [2.75, 3.05) is 18.4 Å². The van der Waals surface area contributed by atoms with Crippen LogP contribution in [0.15, 0.2) is 60.7 Å². The third-order valence-corrected chi connectivity index (χ3v) is 7.10. The quantitative estimate of drug-likeness (QED) is 0.154. The monoisotopic (exact) mass is 679 g/mol. The third kappa shape index (κ3) is 11.3. The maximum atomic E-state index is 13.5. The van der Waals surface area contributed by atoms with Crippen molar-refractivity contribution in [2.24, 2.45) is 0 Å². The zero-order valence-electron chi connectivity index (χ0n) is 27.2. The Labute approximate surface area is 275 Å². The second-order valence-corrected chi connectivity index (χ2v) is 12.4. The van der Waals surface area contributed by atoms with Crippen molar-refractivity contribution in [2.45, 2.75) is 71.6 Å². The molecule has 260 valence electrons. The van der Waals surface area contributed by atoms with Gasteiger partial charge in [0.25, 0.3) is 5.91 Å². The highest BCUT2D eigenvalue weighted by Crippen LogP contribution is 2.34. The number of carbonyl (C=O) groups is 3. The molecular weight excluding hydrogens is 640 g/mol. The standard InChI is InChI=1S/C34H39F6N5O3/c1-20-10-11-22(21(2)14-20)16-41-18-28(31(48)45-32(3,4)5)44-29(46)19-43-30(47)25-15-24(33(35,36)37)12-13-27(25)42-17-23-8-6-7-9-26(23)34(38,39)40/h6-15,28,41-42H,16-19H2,1-5H3,(H,43,47)(H,44,46)(H,45,48)/t28-/m0/s1. The average molecular weight is 680 g/mol. The van der Waals surface area contributed by atoms with Crippen molar-refractivity contribution < 1.29 is 40.7 Å². The highest BCUT2D eigenvalue weighted by molar-refractivity contribution is 6.01. The Kier molecular flexibility index (Phi) is 12.3. The van der Waals surface area contributed by atoms with E-state index in [0.717, 1.165) is 28.8 Å². The normalized spacial score (nSPS) is 12.6. The fourth-order valence-electron chi connectivity index (χ4n) is 4.77. The molecule has 0 fully saturated rings. The number of amides is 3. The molecule has 0 aliphatic rings. The number of alkyl halides is 6. The van der Waals surface area contributed by atoms with Gasteiger partial charge in [0.05, 0.1) is 23.2 Å². The number of rotatable bonds is 12. The van der Waals surface area contributed by atoms with Crippen LogP contribution in [0.3, 0.4) is 0 Å². The summed E-state index contributed by atoms with van der Waals surface area (Å²) >= 11 is 0.